The van der Waals surface area contributed by atoms with Crippen molar-refractivity contribution in [1.82, 2.24) is 20.3 Å². The number of nitrogens with zero attached hydrogens (tertiary/aromatic N) is 4. The van der Waals surface area contributed by atoms with Gasteiger partial charge in [0.25, 0.3) is 0 Å². The van der Waals surface area contributed by atoms with Crippen molar-refractivity contribution >= 4 is 16.7 Å². The minimum atomic E-state index is -0.915. The summed E-state index contributed by atoms with van der Waals surface area (Å²) in [4.78, 5) is 15.1. The van der Waals surface area contributed by atoms with Crippen LogP contribution in [0.2, 0.25) is 0 Å². The number of hydrogen-bond acceptors (Lipinski definition) is 6. The number of fused-ring (bicyclic) bond motifs is 3. The van der Waals surface area contributed by atoms with Crippen LogP contribution < -0.4 is 10.2 Å². The van der Waals surface area contributed by atoms with Gasteiger partial charge in [-0.15, -0.1) is 0 Å². The number of phenols is 1. The van der Waals surface area contributed by atoms with Crippen LogP contribution in [0, 0.1) is 0 Å². The van der Waals surface area contributed by atoms with E-state index in [0.29, 0.717) is 28.5 Å². The molecule has 2 fully saturated rings. The molecule has 1 aromatic carbocycles. The molecule has 0 aliphatic carbocycles. The molecular weight excluding hydrogens is 357 g/mol. The van der Waals surface area contributed by atoms with E-state index in [1.54, 1.807) is 30.7 Å². The van der Waals surface area contributed by atoms with Gasteiger partial charge in [0.05, 0.1) is 29.6 Å². The van der Waals surface area contributed by atoms with Crippen LogP contribution in [0.4, 0.5) is 10.2 Å². The van der Waals surface area contributed by atoms with E-state index in [2.05, 4.69) is 20.3 Å². The molecule has 0 spiro atoms. The first-order valence-corrected chi connectivity index (χ1v) is 9.64. The number of aromatic hydroxyl groups is 1. The van der Waals surface area contributed by atoms with Crippen LogP contribution in [0.5, 0.6) is 5.75 Å². The number of benzene rings is 1. The summed E-state index contributed by atoms with van der Waals surface area (Å²) in [6.07, 6.45) is 6.77. The predicted octanol–water partition coefficient (Wildman–Crippen LogP) is 3.06. The maximum atomic E-state index is 14.8. The van der Waals surface area contributed by atoms with Crippen LogP contribution in [0.25, 0.3) is 22.2 Å². The van der Waals surface area contributed by atoms with Gasteiger partial charge < -0.3 is 15.3 Å². The van der Waals surface area contributed by atoms with Crippen LogP contribution in [0.15, 0.2) is 42.9 Å². The van der Waals surface area contributed by atoms with Crippen LogP contribution >= 0.6 is 0 Å². The molecule has 0 radical (unpaired) electrons. The lowest BCUT2D eigenvalue weighted by Gasteiger charge is -2.38. The molecular formula is C21H22FN5O. The van der Waals surface area contributed by atoms with E-state index in [0.717, 1.165) is 24.8 Å². The molecule has 2 unspecified atom stereocenters. The summed E-state index contributed by atoms with van der Waals surface area (Å²) in [7, 11) is 1.88. The van der Waals surface area contributed by atoms with Gasteiger partial charge in [-0.2, -0.15) is 0 Å². The molecule has 3 aromatic rings. The molecule has 2 N–H and O–H groups in total. The minimum Gasteiger partial charge on any atom is -0.507 e. The Morgan fingerprint density at radius 1 is 1.14 bits per heavy atom. The van der Waals surface area contributed by atoms with E-state index < -0.39 is 6.17 Å². The van der Waals surface area contributed by atoms with E-state index in [4.69, 9.17) is 0 Å². The molecule has 144 valence electrons. The van der Waals surface area contributed by atoms with E-state index in [1.165, 1.54) is 0 Å². The molecule has 2 aliphatic rings. The van der Waals surface area contributed by atoms with Crippen molar-refractivity contribution < 1.29 is 9.50 Å². The van der Waals surface area contributed by atoms with Crippen molar-refractivity contribution in [3.05, 3.63) is 42.9 Å². The quantitative estimate of drug-likeness (QED) is 0.729. The Labute approximate surface area is 162 Å². The average molecular weight is 379 g/mol. The monoisotopic (exact) mass is 379 g/mol. The summed E-state index contributed by atoms with van der Waals surface area (Å²) >= 11 is 0. The average Bonchev–Trinajstić information content (AvgIpc) is 3.14. The zero-order chi connectivity index (χ0) is 19.3. The Hall–Kier alpha value is -2.80. The maximum absolute atomic E-state index is 14.8. The summed E-state index contributed by atoms with van der Waals surface area (Å²) in [5.74, 6) is 0.777. The van der Waals surface area contributed by atoms with Gasteiger partial charge in [-0.3, -0.25) is 9.97 Å². The topological polar surface area (TPSA) is 74.2 Å². The highest BCUT2D eigenvalue weighted by atomic mass is 19.1. The van der Waals surface area contributed by atoms with E-state index in [9.17, 15) is 9.50 Å². The third-order valence-corrected chi connectivity index (χ3v) is 6.08. The Kier molecular flexibility index (Phi) is 4.12. The SMILES string of the molecule is CN(c1cnc(-c2ccc3ncccc3c2O)cn1)[C@@H]1CC2CCC(N2)[C@@H]1F. The number of piperidine rings is 1. The molecule has 5 rings (SSSR count). The van der Waals surface area contributed by atoms with Gasteiger partial charge in [-0.05, 0) is 43.5 Å². The van der Waals surface area contributed by atoms with Crippen LogP contribution in [-0.4, -0.2) is 51.4 Å². The number of halogens is 1. The Morgan fingerprint density at radius 2 is 2.04 bits per heavy atom. The number of hydrogen-bond donors (Lipinski definition) is 2. The van der Waals surface area contributed by atoms with E-state index >= 15 is 0 Å². The highest BCUT2D eigenvalue weighted by Crippen LogP contribution is 2.35. The number of phenolic OH excluding ortho intramolecular Hbond substituents is 1. The number of anilines is 1. The molecule has 2 saturated heterocycles. The standard InChI is InChI=1S/C21H22FN5O/c1-27(18-9-12-4-6-16(26-12)20(18)22)19-11-24-17(10-25-19)14-5-7-15-13(21(14)28)3-2-8-23-15/h2-3,5,7-8,10-12,16,18,20,26,28H,4,6,9H2,1H3/t12?,16?,18-,20+/m1/s1. The molecule has 2 aromatic heterocycles. The first kappa shape index (κ1) is 17.3. The summed E-state index contributed by atoms with van der Waals surface area (Å²) < 4.78 is 14.8. The molecule has 0 amide bonds. The normalized spacial score (nSPS) is 26.5. The summed E-state index contributed by atoms with van der Waals surface area (Å²) in [5.41, 5.74) is 1.90. The summed E-state index contributed by atoms with van der Waals surface area (Å²) in [6, 6.07) is 7.39. The lowest BCUT2D eigenvalue weighted by molar-refractivity contribution is 0.176. The maximum Gasteiger partial charge on any atom is 0.147 e. The molecule has 0 saturated carbocycles. The number of pyridine rings is 1. The smallest absolute Gasteiger partial charge is 0.147 e. The molecule has 4 heterocycles. The fourth-order valence-electron chi connectivity index (χ4n) is 4.50. The van der Waals surface area contributed by atoms with Gasteiger partial charge in [-0.1, -0.05) is 0 Å². The van der Waals surface area contributed by atoms with E-state index in [-0.39, 0.29) is 17.8 Å². The molecule has 28 heavy (non-hydrogen) atoms. The van der Waals surface area contributed by atoms with Gasteiger partial charge in [0.2, 0.25) is 0 Å². The number of rotatable bonds is 3. The lowest BCUT2D eigenvalue weighted by atomic mass is 9.96. The highest BCUT2D eigenvalue weighted by Gasteiger charge is 2.43. The van der Waals surface area contributed by atoms with E-state index in [1.807, 2.05) is 24.1 Å². The third kappa shape index (κ3) is 2.77. The zero-order valence-electron chi connectivity index (χ0n) is 15.6. The van der Waals surface area contributed by atoms with Gasteiger partial charge in [0.1, 0.15) is 17.7 Å². The summed E-state index contributed by atoms with van der Waals surface area (Å²) in [6.45, 7) is 0. The molecule has 7 heteroatoms. The highest BCUT2D eigenvalue weighted by molar-refractivity contribution is 5.91. The summed E-state index contributed by atoms with van der Waals surface area (Å²) in [5, 5.41) is 14.6. The van der Waals surface area contributed by atoms with Gasteiger partial charge >= 0.3 is 0 Å². The largest absolute Gasteiger partial charge is 0.507 e. The number of alkyl halides is 1. The van der Waals surface area contributed by atoms with Crippen molar-refractivity contribution in [3.8, 4) is 17.0 Å². The van der Waals surface area contributed by atoms with Crippen molar-refractivity contribution in [2.75, 3.05) is 11.9 Å². The zero-order valence-corrected chi connectivity index (χ0v) is 15.6. The van der Waals surface area contributed by atoms with Crippen molar-refractivity contribution in [1.29, 1.82) is 0 Å². The minimum absolute atomic E-state index is 0.0541. The van der Waals surface area contributed by atoms with Crippen molar-refractivity contribution in [3.63, 3.8) is 0 Å². The Bertz CT molecular complexity index is 1010. The van der Waals surface area contributed by atoms with Gasteiger partial charge in [0, 0.05) is 36.3 Å². The lowest BCUT2D eigenvalue weighted by Crippen LogP contribution is -2.55. The molecule has 2 bridgehead atoms. The molecule has 2 aliphatic heterocycles. The predicted molar refractivity (Wildman–Crippen MR) is 106 cm³/mol. The number of aromatic nitrogens is 3. The second-order valence-electron chi connectivity index (χ2n) is 7.70. The van der Waals surface area contributed by atoms with Crippen LogP contribution in [0.1, 0.15) is 19.3 Å². The van der Waals surface area contributed by atoms with Crippen molar-refractivity contribution in [2.24, 2.45) is 0 Å². The number of nitrogens with one attached hydrogen (secondary N) is 1. The first-order chi connectivity index (χ1) is 13.6. The second kappa shape index (κ2) is 6.67. The fourth-order valence-corrected chi connectivity index (χ4v) is 4.50. The first-order valence-electron chi connectivity index (χ1n) is 9.64. The Balaban J connectivity index is 1.42. The van der Waals surface area contributed by atoms with Gasteiger partial charge in [0.15, 0.2) is 0 Å². The van der Waals surface area contributed by atoms with Crippen molar-refractivity contribution in [2.45, 2.75) is 43.6 Å². The molecule has 4 atom stereocenters. The fraction of sp³-hybridized carbons (Fsp3) is 0.381. The molecule has 6 nitrogen and oxygen atoms in total. The second-order valence-corrected chi connectivity index (χ2v) is 7.70. The third-order valence-electron chi connectivity index (χ3n) is 6.08. The van der Waals surface area contributed by atoms with Gasteiger partial charge in [-0.25, -0.2) is 9.37 Å². The Morgan fingerprint density at radius 3 is 2.86 bits per heavy atom. The van der Waals surface area contributed by atoms with Crippen LogP contribution in [0.3, 0.4) is 0 Å². The van der Waals surface area contributed by atoms with Crippen LogP contribution in [-0.2, 0) is 0 Å².